The molecule has 9 nitrogen and oxygen atoms in total. The van der Waals surface area contributed by atoms with Gasteiger partial charge in [-0.15, -0.1) is 0 Å². The van der Waals surface area contributed by atoms with Crippen LogP contribution in [0.2, 0.25) is 5.02 Å². The van der Waals surface area contributed by atoms with Crippen molar-refractivity contribution < 1.29 is 22.9 Å². The van der Waals surface area contributed by atoms with Crippen molar-refractivity contribution in [3.8, 4) is 0 Å². The zero-order chi connectivity index (χ0) is 19.8. The number of rotatable bonds is 4. The van der Waals surface area contributed by atoms with Crippen molar-refractivity contribution in [1.29, 1.82) is 0 Å². The Morgan fingerprint density at radius 3 is 2.59 bits per heavy atom. The lowest BCUT2D eigenvalue weighted by molar-refractivity contribution is -0.385. The second kappa shape index (κ2) is 7.70. The summed E-state index contributed by atoms with van der Waals surface area (Å²) in [6, 6.07) is 1.39. The van der Waals surface area contributed by atoms with Gasteiger partial charge in [0, 0.05) is 31.3 Å². The number of amides is 1. The zero-order valence-electron chi connectivity index (χ0n) is 14.8. The number of halogens is 1. The Hall–Kier alpha value is -1.75. The molecule has 0 saturated carbocycles. The van der Waals surface area contributed by atoms with E-state index in [0.717, 1.165) is 10.4 Å². The molecule has 2 fully saturated rings. The van der Waals surface area contributed by atoms with E-state index in [-0.39, 0.29) is 33.6 Å². The summed E-state index contributed by atoms with van der Waals surface area (Å²) in [5, 5.41) is 11.2. The third-order valence-electron chi connectivity index (χ3n) is 4.91. The molecule has 2 heterocycles. The summed E-state index contributed by atoms with van der Waals surface area (Å²) in [6.45, 7) is 3.33. The molecule has 1 aromatic rings. The number of benzene rings is 1. The van der Waals surface area contributed by atoms with Crippen LogP contribution in [0.5, 0.6) is 0 Å². The van der Waals surface area contributed by atoms with Crippen molar-refractivity contribution in [1.82, 2.24) is 9.21 Å². The number of sulfonamides is 1. The van der Waals surface area contributed by atoms with E-state index in [0.29, 0.717) is 39.1 Å². The average Bonchev–Trinajstić information content (AvgIpc) is 3.14. The fourth-order valence-corrected chi connectivity index (χ4v) is 5.36. The van der Waals surface area contributed by atoms with E-state index in [1.165, 1.54) is 13.0 Å². The molecule has 0 N–H and O–H groups in total. The first-order chi connectivity index (χ1) is 12.7. The number of nitro benzene ring substituents is 1. The molecule has 1 amide bonds. The summed E-state index contributed by atoms with van der Waals surface area (Å²) in [4.78, 5) is 24.7. The van der Waals surface area contributed by atoms with Crippen molar-refractivity contribution in [2.75, 3.05) is 32.8 Å². The molecule has 0 bridgehead atoms. The molecule has 0 aromatic heterocycles. The van der Waals surface area contributed by atoms with Crippen LogP contribution in [0.4, 0.5) is 5.69 Å². The maximum atomic E-state index is 13.1. The number of nitrogens with zero attached hydrogens (tertiary/aromatic N) is 3. The highest BCUT2D eigenvalue weighted by atomic mass is 35.5. The Labute approximate surface area is 162 Å². The van der Waals surface area contributed by atoms with E-state index in [1.54, 1.807) is 4.90 Å². The minimum absolute atomic E-state index is 0.00183. The number of ether oxygens (including phenoxy) is 1. The maximum Gasteiger partial charge on any atom is 0.275 e. The van der Waals surface area contributed by atoms with Gasteiger partial charge < -0.3 is 9.64 Å². The average molecular weight is 418 g/mol. The first-order valence-corrected chi connectivity index (χ1v) is 10.4. The molecule has 0 radical (unpaired) electrons. The third-order valence-corrected chi connectivity index (χ3v) is 7.18. The van der Waals surface area contributed by atoms with Crippen LogP contribution in [-0.2, 0) is 19.6 Å². The van der Waals surface area contributed by atoms with Crippen molar-refractivity contribution in [2.24, 2.45) is 0 Å². The largest absolute Gasteiger partial charge is 0.378 e. The number of morpholine rings is 1. The van der Waals surface area contributed by atoms with E-state index in [1.807, 2.05) is 0 Å². The Morgan fingerprint density at radius 1 is 1.30 bits per heavy atom. The number of carbonyl (C=O) groups is 1. The van der Waals surface area contributed by atoms with Crippen LogP contribution >= 0.6 is 11.6 Å². The van der Waals surface area contributed by atoms with E-state index in [4.69, 9.17) is 16.3 Å². The van der Waals surface area contributed by atoms with Gasteiger partial charge in [-0.05, 0) is 25.8 Å². The number of nitro groups is 1. The summed E-state index contributed by atoms with van der Waals surface area (Å²) in [6.07, 6.45) is 0.957. The summed E-state index contributed by atoms with van der Waals surface area (Å²) in [7, 11) is -4.10. The zero-order valence-corrected chi connectivity index (χ0v) is 16.3. The maximum absolute atomic E-state index is 13.1. The Balaban J connectivity index is 1.94. The molecule has 3 rings (SSSR count). The molecular weight excluding hydrogens is 398 g/mol. The summed E-state index contributed by atoms with van der Waals surface area (Å²) in [5.41, 5.74) is -0.167. The molecular formula is C16H20ClN3O6S. The van der Waals surface area contributed by atoms with Gasteiger partial charge in [-0.25, -0.2) is 8.42 Å². The molecule has 2 aliphatic rings. The summed E-state index contributed by atoms with van der Waals surface area (Å²) < 4.78 is 32.6. The number of carbonyl (C=O) groups excluding carboxylic acids is 1. The summed E-state index contributed by atoms with van der Waals surface area (Å²) >= 11 is 6.02. The standard InChI is InChI=1S/C16H20ClN3O6S/c1-11-13(17)9-12(10-15(11)20(22)23)27(24,25)19-4-2-3-14(19)16(21)18-5-7-26-8-6-18/h9-10,14H,2-8H2,1H3. The van der Waals surface area contributed by atoms with Gasteiger partial charge in [-0.2, -0.15) is 4.31 Å². The number of hydrogen-bond donors (Lipinski definition) is 0. The van der Waals surface area contributed by atoms with Gasteiger partial charge in [0.2, 0.25) is 15.9 Å². The minimum Gasteiger partial charge on any atom is -0.378 e. The first-order valence-electron chi connectivity index (χ1n) is 8.56. The molecule has 11 heteroatoms. The second-order valence-corrected chi connectivity index (χ2v) is 8.82. The number of hydrogen-bond acceptors (Lipinski definition) is 6. The predicted molar refractivity (Wildman–Crippen MR) is 97.2 cm³/mol. The molecule has 0 aliphatic carbocycles. The normalized spacial score (nSPS) is 21.4. The molecule has 1 aromatic carbocycles. The van der Waals surface area contributed by atoms with E-state index in [2.05, 4.69) is 0 Å². The van der Waals surface area contributed by atoms with Gasteiger partial charge in [0.1, 0.15) is 6.04 Å². The van der Waals surface area contributed by atoms with Crippen molar-refractivity contribution in [3.63, 3.8) is 0 Å². The molecule has 2 saturated heterocycles. The van der Waals surface area contributed by atoms with Crippen LogP contribution in [0.3, 0.4) is 0 Å². The van der Waals surface area contributed by atoms with E-state index in [9.17, 15) is 23.3 Å². The Morgan fingerprint density at radius 2 is 1.96 bits per heavy atom. The highest BCUT2D eigenvalue weighted by molar-refractivity contribution is 7.89. The van der Waals surface area contributed by atoms with Crippen LogP contribution < -0.4 is 0 Å². The lowest BCUT2D eigenvalue weighted by Crippen LogP contribution is -2.50. The van der Waals surface area contributed by atoms with Gasteiger partial charge in [0.05, 0.1) is 28.1 Å². The highest BCUT2D eigenvalue weighted by Crippen LogP contribution is 2.33. The van der Waals surface area contributed by atoms with E-state index >= 15 is 0 Å². The quantitative estimate of drug-likeness (QED) is 0.543. The summed E-state index contributed by atoms with van der Waals surface area (Å²) in [5.74, 6) is -0.257. The second-order valence-electron chi connectivity index (χ2n) is 6.52. The van der Waals surface area contributed by atoms with Crippen LogP contribution in [0.25, 0.3) is 0 Å². The molecule has 2 aliphatic heterocycles. The first kappa shape index (κ1) is 20.0. The van der Waals surface area contributed by atoms with Crippen molar-refractivity contribution in [2.45, 2.75) is 30.7 Å². The Bertz CT molecular complexity index is 869. The van der Waals surface area contributed by atoms with Crippen molar-refractivity contribution >= 4 is 33.2 Å². The monoisotopic (exact) mass is 417 g/mol. The lowest BCUT2D eigenvalue weighted by atomic mass is 10.2. The predicted octanol–water partition coefficient (Wildman–Crippen LogP) is 1.57. The molecule has 0 spiro atoms. The minimum atomic E-state index is -4.10. The van der Waals surface area contributed by atoms with Gasteiger partial charge in [-0.1, -0.05) is 11.6 Å². The molecule has 1 atom stereocenters. The highest BCUT2D eigenvalue weighted by Gasteiger charge is 2.42. The molecule has 27 heavy (non-hydrogen) atoms. The van der Waals surface area contributed by atoms with Crippen LogP contribution in [0.1, 0.15) is 18.4 Å². The molecule has 1 unspecified atom stereocenters. The van der Waals surface area contributed by atoms with Crippen molar-refractivity contribution in [3.05, 3.63) is 32.8 Å². The van der Waals surface area contributed by atoms with Crippen LogP contribution in [0, 0.1) is 17.0 Å². The smallest absolute Gasteiger partial charge is 0.275 e. The van der Waals surface area contributed by atoms with Crippen LogP contribution in [0.15, 0.2) is 17.0 Å². The fourth-order valence-electron chi connectivity index (χ4n) is 3.38. The third kappa shape index (κ3) is 3.79. The van der Waals surface area contributed by atoms with Gasteiger partial charge in [0.25, 0.3) is 5.69 Å². The lowest BCUT2D eigenvalue weighted by Gasteiger charge is -2.32. The Kier molecular flexibility index (Phi) is 5.71. The van der Waals surface area contributed by atoms with Crippen LogP contribution in [-0.4, -0.2) is 67.3 Å². The van der Waals surface area contributed by atoms with E-state index < -0.39 is 21.0 Å². The SMILES string of the molecule is Cc1c(Cl)cc(S(=O)(=O)N2CCCC2C(=O)N2CCOCC2)cc1[N+](=O)[O-]. The van der Waals surface area contributed by atoms with Gasteiger partial charge >= 0.3 is 0 Å². The fraction of sp³-hybridized carbons (Fsp3) is 0.562. The topological polar surface area (TPSA) is 110 Å². The van der Waals surface area contributed by atoms with Gasteiger partial charge in [0.15, 0.2) is 0 Å². The molecule has 148 valence electrons. The van der Waals surface area contributed by atoms with Gasteiger partial charge in [-0.3, -0.25) is 14.9 Å².